The highest BCUT2D eigenvalue weighted by Gasteiger charge is 2.19. The summed E-state index contributed by atoms with van der Waals surface area (Å²) < 4.78 is 33.5. The minimum absolute atomic E-state index is 0.0640. The van der Waals surface area contributed by atoms with E-state index in [4.69, 9.17) is 14.6 Å². The molecule has 116 valence electrons. The molecule has 2 rings (SSSR count). The molecule has 0 aliphatic carbocycles. The second kappa shape index (κ2) is 6.55. The maximum Gasteiger partial charge on any atom is 0.338 e. The number of benzene rings is 1. The first-order valence-corrected chi connectivity index (χ1v) is 8.35. The Morgan fingerprint density at radius 2 is 2.19 bits per heavy atom. The van der Waals surface area contributed by atoms with Crippen LogP contribution in [0, 0.1) is 6.92 Å². The van der Waals surface area contributed by atoms with Gasteiger partial charge in [0.2, 0.25) is 10.0 Å². The molecule has 1 aliphatic rings. The van der Waals surface area contributed by atoms with E-state index in [0.29, 0.717) is 12.2 Å². The summed E-state index contributed by atoms with van der Waals surface area (Å²) in [6.07, 6.45) is 2.87. The lowest BCUT2D eigenvalue weighted by Crippen LogP contribution is -2.26. The number of carbonyl (C=O) groups is 1. The largest absolute Gasteiger partial charge is 0.459 e. The second-order valence-electron chi connectivity index (χ2n) is 5.11. The van der Waals surface area contributed by atoms with Crippen LogP contribution < -0.4 is 5.14 Å². The number of carbonyl (C=O) groups excluding carboxylic acids is 1. The Morgan fingerprint density at radius 3 is 2.81 bits per heavy atom. The van der Waals surface area contributed by atoms with Gasteiger partial charge in [0.05, 0.1) is 16.6 Å². The van der Waals surface area contributed by atoms with Crippen LogP contribution in [0.5, 0.6) is 0 Å². The van der Waals surface area contributed by atoms with Crippen LogP contribution in [0.2, 0.25) is 0 Å². The third kappa shape index (κ3) is 4.26. The van der Waals surface area contributed by atoms with Crippen molar-refractivity contribution in [1.82, 2.24) is 0 Å². The van der Waals surface area contributed by atoms with Crippen LogP contribution in [0.4, 0.5) is 0 Å². The van der Waals surface area contributed by atoms with Crippen molar-refractivity contribution in [3.63, 3.8) is 0 Å². The highest BCUT2D eigenvalue weighted by Crippen LogP contribution is 2.17. The first-order valence-electron chi connectivity index (χ1n) is 6.80. The number of aryl methyl sites for hydroxylation is 1. The van der Waals surface area contributed by atoms with Gasteiger partial charge in [0.15, 0.2) is 0 Å². The lowest BCUT2D eigenvalue weighted by Gasteiger charge is -2.22. The van der Waals surface area contributed by atoms with Gasteiger partial charge in [0, 0.05) is 6.61 Å². The number of nitrogens with two attached hydrogens (primary N) is 1. The Bertz CT molecular complexity index is 620. The Kier molecular flexibility index (Phi) is 4.97. The van der Waals surface area contributed by atoms with Crippen LogP contribution in [-0.2, 0) is 19.5 Å². The summed E-state index contributed by atoms with van der Waals surface area (Å²) in [6.45, 7) is 2.48. The smallest absolute Gasteiger partial charge is 0.338 e. The molecule has 0 radical (unpaired) electrons. The molecule has 1 atom stereocenters. The number of hydrogen-bond acceptors (Lipinski definition) is 5. The van der Waals surface area contributed by atoms with Crippen molar-refractivity contribution >= 4 is 16.0 Å². The standard InChI is InChI=1S/C14H19NO5S/c1-10-5-6-11(8-13(10)21(15,17)18)14(16)20-9-12-4-2-3-7-19-12/h5-6,8,12H,2-4,7,9H2,1H3,(H2,15,17,18). The molecule has 1 heterocycles. The van der Waals surface area contributed by atoms with E-state index in [1.165, 1.54) is 18.2 Å². The average molecular weight is 313 g/mol. The molecule has 1 aliphatic heterocycles. The van der Waals surface area contributed by atoms with Crippen molar-refractivity contribution in [2.75, 3.05) is 13.2 Å². The van der Waals surface area contributed by atoms with Gasteiger partial charge in [-0.25, -0.2) is 18.4 Å². The summed E-state index contributed by atoms with van der Waals surface area (Å²) in [7, 11) is -3.86. The summed E-state index contributed by atoms with van der Waals surface area (Å²) in [5.41, 5.74) is 0.657. The van der Waals surface area contributed by atoms with Gasteiger partial charge < -0.3 is 9.47 Å². The third-order valence-corrected chi connectivity index (χ3v) is 4.46. The molecule has 0 amide bonds. The number of primary sulfonamides is 1. The second-order valence-corrected chi connectivity index (χ2v) is 6.64. The molecule has 1 aromatic rings. The predicted octanol–water partition coefficient (Wildman–Crippen LogP) is 1.37. The molecule has 7 heteroatoms. The van der Waals surface area contributed by atoms with Gasteiger partial charge in [0.1, 0.15) is 6.61 Å². The lowest BCUT2D eigenvalue weighted by molar-refractivity contribution is -0.0300. The molecule has 0 spiro atoms. The van der Waals surface area contributed by atoms with Crippen LogP contribution in [-0.4, -0.2) is 33.7 Å². The van der Waals surface area contributed by atoms with E-state index in [-0.39, 0.29) is 23.2 Å². The Labute approximate surface area is 124 Å². The van der Waals surface area contributed by atoms with E-state index in [1.807, 2.05) is 0 Å². The molecule has 0 aromatic heterocycles. The van der Waals surface area contributed by atoms with Crippen molar-refractivity contribution in [3.8, 4) is 0 Å². The molecule has 1 saturated heterocycles. The minimum atomic E-state index is -3.86. The number of hydrogen-bond donors (Lipinski definition) is 1. The summed E-state index contributed by atoms with van der Waals surface area (Å²) in [6, 6.07) is 4.30. The van der Waals surface area contributed by atoms with Crippen molar-refractivity contribution in [3.05, 3.63) is 29.3 Å². The highest BCUT2D eigenvalue weighted by atomic mass is 32.2. The first-order chi connectivity index (χ1) is 9.88. The predicted molar refractivity (Wildman–Crippen MR) is 76.4 cm³/mol. The fourth-order valence-electron chi connectivity index (χ4n) is 2.22. The van der Waals surface area contributed by atoms with Gasteiger partial charge in [-0.2, -0.15) is 0 Å². The van der Waals surface area contributed by atoms with Crippen molar-refractivity contribution < 1.29 is 22.7 Å². The maximum absolute atomic E-state index is 12.0. The molecule has 1 unspecified atom stereocenters. The fourth-order valence-corrected chi connectivity index (χ4v) is 3.03. The lowest BCUT2D eigenvalue weighted by atomic mass is 10.1. The molecular formula is C14H19NO5S. The fraction of sp³-hybridized carbons (Fsp3) is 0.500. The van der Waals surface area contributed by atoms with Crippen molar-refractivity contribution in [2.45, 2.75) is 37.2 Å². The van der Waals surface area contributed by atoms with E-state index in [0.717, 1.165) is 19.3 Å². The van der Waals surface area contributed by atoms with Gasteiger partial charge in [-0.3, -0.25) is 0 Å². The van der Waals surface area contributed by atoms with E-state index in [9.17, 15) is 13.2 Å². The van der Waals surface area contributed by atoms with Gasteiger partial charge in [-0.15, -0.1) is 0 Å². The number of sulfonamides is 1. The van der Waals surface area contributed by atoms with E-state index in [2.05, 4.69) is 0 Å². The molecule has 1 fully saturated rings. The van der Waals surface area contributed by atoms with Gasteiger partial charge in [0.25, 0.3) is 0 Å². The minimum Gasteiger partial charge on any atom is -0.459 e. The summed E-state index contributed by atoms with van der Waals surface area (Å²) in [5, 5.41) is 5.12. The van der Waals surface area contributed by atoms with Gasteiger partial charge >= 0.3 is 5.97 Å². The normalized spacial score (nSPS) is 19.2. The number of rotatable bonds is 4. The molecular weight excluding hydrogens is 294 g/mol. The number of ether oxygens (including phenoxy) is 2. The van der Waals surface area contributed by atoms with Gasteiger partial charge in [-0.05, 0) is 43.9 Å². The zero-order valence-corrected chi connectivity index (χ0v) is 12.7. The van der Waals surface area contributed by atoms with Crippen LogP contribution in [0.25, 0.3) is 0 Å². The molecule has 0 saturated carbocycles. The average Bonchev–Trinajstić information content (AvgIpc) is 2.45. The number of esters is 1. The first kappa shape index (κ1) is 15.9. The molecule has 21 heavy (non-hydrogen) atoms. The Balaban J connectivity index is 2.05. The van der Waals surface area contributed by atoms with Crippen LogP contribution >= 0.6 is 0 Å². The van der Waals surface area contributed by atoms with E-state index >= 15 is 0 Å². The summed E-state index contributed by atoms with van der Waals surface area (Å²) >= 11 is 0. The Morgan fingerprint density at radius 1 is 1.43 bits per heavy atom. The molecule has 6 nitrogen and oxygen atoms in total. The van der Waals surface area contributed by atoms with Crippen molar-refractivity contribution in [1.29, 1.82) is 0 Å². The molecule has 1 aromatic carbocycles. The van der Waals surface area contributed by atoms with E-state index < -0.39 is 16.0 Å². The SMILES string of the molecule is Cc1ccc(C(=O)OCC2CCCCO2)cc1S(N)(=O)=O. The quantitative estimate of drug-likeness (QED) is 0.847. The maximum atomic E-state index is 12.0. The molecule has 0 bridgehead atoms. The van der Waals surface area contributed by atoms with Crippen LogP contribution in [0.3, 0.4) is 0 Å². The van der Waals surface area contributed by atoms with E-state index in [1.54, 1.807) is 6.92 Å². The van der Waals surface area contributed by atoms with Crippen molar-refractivity contribution in [2.24, 2.45) is 5.14 Å². The topological polar surface area (TPSA) is 95.7 Å². The summed E-state index contributed by atoms with van der Waals surface area (Å²) in [5.74, 6) is -0.575. The molecule has 2 N–H and O–H groups in total. The zero-order chi connectivity index (χ0) is 15.5. The highest BCUT2D eigenvalue weighted by molar-refractivity contribution is 7.89. The van der Waals surface area contributed by atoms with Gasteiger partial charge in [-0.1, -0.05) is 6.07 Å². The zero-order valence-electron chi connectivity index (χ0n) is 11.9. The van der Waals surface area contributed by atoms with Crippen LogP contribution in [0.1, 0.15) is 35.2 Å². The third-order valence-electron chi connectivity index (χ3n) is 3.40. The monoisotopic (exact) mass is 313 g/mol. The van der Waals surface area contributed by atoms with Crippen LogP contribution in [0.15, 0.2) is 23.1 Å². The Hall–Kier alpha value is -1.44. The summed E-state index contributed by atoms with van der Waals surface area (Å²) in [4.78, 5) is 11.9.